The number of alkyl halides is 1. The van der Waals surface area contributed by atoms with E-state index in [2.05, 4.69) is 0 Å². The Hall–Kier alpha value is -0.330. The molecule has 8 heavy (non-hydrogen) atoms. The molecule has 0 aromatic carbocycles. The quantitative estimate of drug-likeness (QED) is 0.464. The van der Waals surface area contributed by atoms with E-state index in [0.717, 1.165) is 5.57 Å². The van der Waals surface area contributed by atoms with Crippen molar-refractivity contribution in [1.29, 1.82) is 0 Å². The van der Waals surface area contributed by atoms with Gasteiger partial charge in [0.15, 0.2) is 0 Å². The molecule has 0 aromatic rings. The highest BCUT2D eigenvalue weighted by atomic mass is 19.1. The second kappa shape index (κ2) is 9.83. The van der Waals surface area contributed by atoms with Crippen molar-refractivity contribution < 1.29 is 4.39 Å². The molecule has 50 valence electrons. The third-order valence-corrected chi connectivity index (χ3v) is 0.485. The molecule has 1 heteroatoms. The van der Waals surface area contributed by atoms with Crippen molar-refractivity contribution in [3.05, 3.63) is 11.6 Å². The first-order valence-electron chi connectivity index (χ1n) is 2.96. The van der Waals surface area contributed by atoms with E-state index in [9.17, 15) is 4.39 Å². The maximum Gasteiger partial charge on any atom is 0.108 e. The van der Waals surface area contributed by atoms with Crippen LogP contribution in [0.5, 0.6) is 0 Å². The van der Waals surface area contributed by atoms with Gasteiger partial charge in [-0.05, 0) is 13.8 Å². The molecule has 0 saturated carbocycles. The maximum atomic E-state index is 11.2. The van der Waals surface area contributed by atoms with Crippen LogP contribution in [0.4, 0.5) is 4.39 Å². The second-order valence-electron chi connectivity index (χ2n) is 1.44. The topological polar surface area (TPSA) is 0 Å². The summed E-state index contributed by atoms with van der Waals surface area (Å²) in [4.78, 5) is 0. The van der Waals surface area contributed by atoms with E-state index < -0.39 is 0 Å². The molecule has 0 aliphatic rings. The average molecular weight is 118 g/mol. The first-order valence-corrected chi connectivity index (χ1v) is 2.96. The van der Waals surface area contributed by atoms with Crippen molar-refractivity contribution in [2.75, 3.05) is 6.67 Å². The lowest BCUT2D eigenvalue weighted by atomic mass is 10.3. The van der Waals surface area contributed by atoms with Crippen LogP contribution in [0, 0.1) is 0 Å². The van der Waals surface area contributed by atoms with E-state index in [0.29, 0.717) is 0 Å². The summed E-state index contributed by atoms with van der Waals surface area (Å²) < 4.78 is 11.2. The van der Waals surface area contributed by atoms with Gasteiger partial charge < -0.3 is 0 Å². The van der Waals surface area contributed by atoms with Crippen molar-refractivity contribution in [2.24, 2.45) is 0 Å². The van der Waals surface area contributed by atoms with Gasteiger partial charge in [-0.3, -0.25) is 0 Å². The second-order valence-corrected chi connectivity index (χ2v) is 1.44. The predicted octanol–water partition coefficient (Wildman–Crippen LogP) is 2.95. The van der Waals surface area contributed by atoms with Gasteiger partial charge in [0.05, 0.1) is 0 Å². The smallest absolute Gasteiger partial charge is 0.108 e. The summed E-state index contributed by atoms with van der Waals surface area (Å²) in [6, 6.07) is 0. The molecule has 0 spiro atoms. The van der Waals surface area contributed by atoms with Crippen LogP contribution in [-0.4, -0.2) is 6.67 Å². The molecular weight excluding hydrogens is 103 g/mol. The third kappa shape index (κ3) is 17.3. The Morgan fingerprint density at radius 3 is 1.75 bits per heavy atom. The minimum absolute atomic E-state index is 0.331. The van der Waals surface area contributed by atoms with Crippen LogP contribution < -0.4 is 0 Å². The molecule has 0 N–H and O–H groups in total. The summed E-state index contributed by atoms with van der Waals surface area (Å²) in [6.45, 7) is 7.42. The van der Waals surface area contributed by atoms with E-state index >= 15 is 0 Å². The van der Waals surface area contributed by atoms with Crippen LogP contribution in [0.3, 0.4) is 0 Å². The van der Waals surface area contributed by atoms with Gasteiger partial charge in [-0.1, -0.05) is 25.5 Å². The van der Waals surface area contributed by atoms with Gasteiger partial charge in [0.25, 0.3) is 0 Å². The minimum Gasteiger partial charge on any atom is -0.247 e. The molecule has 0 atom stereocenters. The van der Waals surface area contributed by atoms with Crippen LogP contribution in [0.25, 0.3) is 0 Å². The van der Waals surface area contributed by atoms with Crippen molar-refractivity contribution in [1.82, 2.24) is 0 Å². The monoisotopic (exact) mass is 118 g/mol. The number of hydrogen-bond acceptors (Lipinski definition) is 0. The molecule has 0 aliphatic carbocycles. The van der Waals surface area contributed by atoms with Crippen molar-refractivity contribution in [2.45, 2.75) is 27.7 Å². The number of rotatable bonds is 1. The predicted molar refractivity (Wildman–Crippen MR) is 36.8 cm³/mol. The van der Waals surface area contributed by atoms with E-state index in [-0.39, 0.29) is 6.67 Å². The normalized spacial score (nSPS) is 6.62. The van der Waals surface area contributed by atoms with Crippen LogP contribution in [0.1, 0.15) is 27.7 Å². The molecule has 0 unspecified atom stereocenters. The van der Waals surface area contributed by atoms with Gasteiger partial charge in [0.2, 0.25) is 0 Å². The van der Waals surface area contributed by atoms with Crippen molar-refractivity contribution in [3.63, 3.8) is 0 Å². The third-order valence-electron chi connectivity index (χ3n) is 0.485. The largest absolute Gasteiger partial charge is 0.247 e. The highest BCUT2D eigenvalue weighted by Crippen LogP contribution is 1.85. The summed E-state index contributed by atoms with van der Waals surface area (Å²) in [5.74, 6) is 0. The zero-order valence-electron chi connectivity index (χ0n) is 6.16. The molecule has 0 fully saturated rings. The van der Waals surface area contributed by atoms with Gasteiger partial charge >= 0.3 is 0 Å². The molecule has 0 rings (SSSR count). The van der Waals surface area contributed by atoms with Crippen LogP contribution in [0.2, 0.25) is 0 Å². The first kappa shape index (κ1) is 10.6. The molecule has 0 radical (unpaired) electrons. The standard InChI is InChI=1S/C5H9F.C2H6/c1-5(2)3-4-6;1-2/h3H,4H2,1-2H3;1-2H3. The van der Waals surface area contributed by atoms with Crippen LogP contribution in [-0.2, 0) is 0 Å². The average Bonchev–Trinajstić information content (AvgIpc) is 1.72. The number of halogens is 1. The fourth-order valence-electron chi connectivity index (χ4n) is 0.154. The molecule has 0 saturated heterocycles. The minimum atomic E-state index is -0.331. The Morgan fingerprint density at radius 2 is 1.75 bits per heavy atom. The Kier molecular flexibility index (Phi) is 13.0. The summed E-state index contributed by atoms with van der Waals surface area (Å²) in [5, 5.41) is 0. The number of allylic oxidation sites excluding steroid dienone is 2. The van der Waals surface area contributed by atoms with E-state index in [1.807, 2.05) is 27.7 Å². The van der Waals surface area contributed by atoms with E-state index in [1.165, 1.54) is 0 Å². The van der Waals surface area contributed by atoms with E-state index in [1.54, 1.807) is 6.08 Å². The maximum absolute atomic E-state index is 11.2. The molecular formula is C7H15F. The van der Waals surface area contributed by atoms with Gasteiger partial charge in [-0.15, -0.1) is 0 Å². The fourth-order valence-corrected chi connectivity index (χ4v) is 0.154. The Labute approximate surface area is 51.4 Å². The Bertz CT molecular complexity index is 51.4. The molecule has 0 heterocycles. The summed E-state index contributed by atoms with van der Waals surface area (Å²) in [7, 11) is 0. The zero-order chi connectivity index (χ0) is 6.99. The molecule has 0 nitrogen and oxygen atoms in total. The van der Waals surface area contributed by atoms with Crippen LogP contribution >= 0.6 is 0 Å². The molecule has 0 aliphatic heterocycles. The van der Waals surface area contributed by atoms with Crippen LogP contribution in [0.15, 0.2) is 11.6 Å². The summed E-state index contributed by atoms with van der Waals surface area (Å²) in [5.41, 5.74) is 1.04. The lowest BCUT2D eigenvalue weighted by Crippen LogP contribution is -1.64. The first-order chi connectivity index (χ1) is 3.77. The Balaban J connectivity index is 0. The summed E-state index contributed by atoms with van der Waals surface area (Å²) in [6.07, 6.45) is 1.54. The van der Waals surface area contributed by atoms with Crippen molar-refractivity contribution in [3.8, 4) is 0 Å². The fraction of sp³-hybridized carbons (Fsp3) is 0.714. The van der Waals surface area contributed by atoms with Gasteiger partial charge in [-0.2, -0.15) is 0 Å². The van der Waals surface area contributed by atoms with E-state index in [4.69, 9.17) is 0 Å². The van der Waals surface area contributed by atoms with Crippen molar-refractivity contribution >= 4 is 0 Å². The summed E-state index contributed by atoms with van der Waals surface area (Å²) >= 11 is 0. The highest BCUT2D eigenvalue weighted by Gasteiger charge is 1.69. The zero-order valence-corrected chi connectivity index (χ0v) is 6.16. The molecule has 0 bridgehead atoms. The SMILES string of the molecule is CC.CC(C)=CCF. The lowest BCUT2D eigenvalue weighted by Gasteiger charge is -1.78. The lowest BCUT2D eigenvalue weighted by molar-refractivity contribution is 0.560. The molecule has 0 aromatic heterocycles. The van der Waals surface area contributed by atoms with Gasteiger partial charge in [0.1, 0.15) is 6.67 Å². The van der Waals surface area contributed by atoms with Gasteiger partial charge in [0, 0.05) is 0 Å². The Morgan fingerprint density at radius 1 is 1.38 bits per heavy atom. The highest BCUT2D eigenvalue weighted by molar-refractivity contribution is 4.92. The number of hydrogen-bond donors (Lipinski definition) is 0. The molecule has 0 amide bonds. The van der Waals surface area contributed by atoms with Gasteiger partial charge in [-0.25, -0.2) is 4.39 Å².